The Morgan fingerprint density at radius 1 is 0.588 bits per heavy atom. The Morgan fingerprint density at radius 3 is 1.57 bits per heavy atom. The summed E-state index contributed by atoms with van der Waals surface area (Å²) >= 11 is 0. The second-order valence-electron chi connectivity index (χ2n) is 13.1. The summed E-state index contributed by atoms with van der Waals surface area (Å²) in [6, 6.07) is 11.0. The molecule has 0 heterocycles. The van der Waals surface area contributed by atoms with Crippen molar-refractivity contribution < 1.29 is 38.3 Å². The molecule has 6 rings (SSSR count). The Labute approximate surface area is 301 Å². The van der Waals surface area contributed by atoms with Crippen molar-refractivity contribution in [3.05, 3.63) is 80.0 Å². The summed E-state index contributed by atoms with van der Waals surface area (Å²) in [7, 11) is 11.5. The Bertz CT molecular complexity index is 2000. The minimum absolute atomic E-state index is 0.170. The smallest absolute Gasteiger partial charge is 0.220 e. The zero-order chi connectivity index (χ0) is 37.1. The molecule has 0 aromatic heterocycles. The molecule has 4 aromatic rings. The highest BCUT2D eigenvalue weighted by atomic mass is 16.5. The first-order valence-corrected chi connectivity index (χ1v) is 17.2. The van der Waals surface area contributed by atoms with Gasteiger partial charge in [-0.25, -0.2) is 0 Å². The van der Waals surface area contributed by atoms with Gasteiger partial charge in [-0.05, 0) is 126 Å². The van der Waals surface area contributed by atoms with E-state index in [1.807, 2.05) is 6.07 Å². The molecule has 2 aliphatic rings. The Hall–Kier alpha value is -5.05. The molecule has 0 amide bonds. The van der Waals surface area contributed by atoms with Gasteiger partial charge in [0.25, 0.3) is 0 Å². The minimum Gasteiger partial charge on any atom is -0.504 e. The lowest BCUT2D eigenvalue weighted by atomic mass is 9.86. The van der Waals surface area contributed by atoms with E-state index in [0.29, 0.717) is 34.7 Å². The average molecular weight is 699 g/mol. The lowest BCUT2D eigenvalue weighted by Crippen LogP contribution is -2.03. The molecule has 1 N–H and O–H groups in total. The van der Waals surface area contributed by atoms with Gasteiger partial charge in [0.05, 0.1) is 49.8 Å². The first-order chi connectivity index (χ1) is 24.5. The van der Waals surface area contributed by atoms with E-state index < -0.39 is 0 Å². The van der Waals surface area contributed by atoms with Gasteiger partial charge in [0.15, 0.2) is 28.7 Å². The SMILES string of the molecule is COc1cc2c(c(OC)c1OC)-c1cc(C)c(OC)c(C)c1C(C)CC2.COc1cc2c(c(OC)c1OC)-c1ccc(O)c(=O)cc1C(C)CC2. The van der Waals surface area contributed by atoms with Crippen LogP contribution in [0.2, 0.25) is 0 Å². The maximum atomic E-state index is 12.1. The van der Waals surface area contributed by atoms with E-state index >= 15 is 0 Å². The topological polar surface area (TPSA) is 102 Å². The molecule has 0 saturated carbocycles. The van der Waals surface area contributed by atoms with Crippen LogP contribution in [0.1, 0.15) is 71.9 Å². The van der Waals surface area contributed by atoms with E-state index in [-0.39, 0.29) is 17.1 Å². The molecular formula is C42H50O9. The van der Waals surface area contributed by atoms with Gasteiger partial charge in [0.1, 0.15) is 5.75 Å². The number of aromatic hydroxyl groups is 1. The van der Waals surface area contributed by atoms with Crippen molar-refractivity contribution in [3.63, 3.8) is 0 Å². The summed E-state index contributed by atoms with van der Waals surface area (Å²) < 4.78 is 39.4. The lowest BCUT2D eigenvalue weighted by molar-refractivity contribution is 0.324. The highest BCUT2D eigenvalue weighted by Crippen LogP contribution is 2.53. The molecule has 4 aromatic carbocycles. The molecule has 0 saturated heterocycles. The van der Waals surface area contributed by atoms with E-state index in [9.17, 15) is 9.90 Å². The summed E-state index contributed by atoms with van der Waals surface area (Å²) in [5.41, 5.74) is 10.6. The van der Waals surface area contributed by atoms with E-state index in [1.165, 1.54) is 34.4 Å². The number of hydrogen-bond donors (Lipinski definition) is 1. The molecule has 0 spiro atoms. The molecule has 0 fully saturated rings. The fraction of sp³-hybridized carbons (Fsp3) is 0.405. The van der Waals surface area contributed by atoms with Crippen molar-refractivity contribution in [1.29, 1.82) is 0 Å². The molecule has 0 aliphatic heterocycles. The summed E-state index contributed by atoms with van der Waals surface area (Å²) in [6.45, 7) is 8.61. The number of ether oxygens (including phenoxy) is 7. The molecule has 51 heavy (non-hydrogen) atoms. The van der Waals surface area contributed by atoms with E-state index in [2.05, 4.69) is 39.8 Å². The van der Waals surface area contributed by atoms with E-state index in [0.717, 1.165) is 70.6 Å². The third kappa shape index (κ3) is 6.62. The molecule has 0 bridgehead atoms. The van der Waals surface area contributed by atoms with Crippen molar-refractivity contribution in [1.82, 2.24) is 0 Å². The van der Waals surface area contributed by atoms with Crippen molar-refractivity contribution >= 4 is 0 Å². The summed E-state index contributed by atoms with van der Waals surface area (Å²) in [5, 5.41) is 9.87. The zero-order valence-corrected chi connectivity index (χ0v) is 31.7. The van der Waals surface area contributed by atoms with Gasteiger partial charge < -0.3 is 38.3 Å². The van der Waals surface area contributed by atoms with Gasteiger partial charge >= 0.3 is 0 Å². The van der Waals surface area contributed by atoms with Gasteiger partial charge in [-0.15, -0.1) is 0 Å². The molecule has 2 aliphatic carbocycles. The van der Waals surface area contributed by atoms with Crippen LogP contribution in [0.15, 0.2) is 41.2 Å². The monoisotopic (exact) mass is 698 g/mol. The van der Waals surface area contributed by atoms with Crippen LogP contribution >= 0.6 is 0 Å². The predicted molar refractivity (Wildman–Crippen MR) is 201 cm³/mol. The highest BCUT2D eigenvalue weighted by Gasteiger charge is 2.30. The quantitative estimate of drug-likeness (QED) is 0.203. The third-order valence-electron chi connectivity index (χ3n) is 10.3. The van der Waals surface area contributed by atoms with Crippen LogP contribution in [-0.2, 0) is 12.8 Å². The normalized spacial score (nSPS) is 15.6. The van der Waals surface area contributed by atoms with Gasteiger partial charge in [-0.1, -0.05) is 19.9 Å². The fourth-order valence-corrected chi connectivity index (χ4v) is 7.85. The number of fused-ring (bicyclic) bond motifs is 6. The van der Waals surface area contributed by atoms with Gasteiger partial charge in [-0.3, -0.25) is 4.79 Å². The van der Waals surface area contributed by atoms with Crippen LogP contribution in [0, 0.1) is 13.8 Å². The second-order valence-corrected chi connectivity index (χ2v) is 13.1. The van der Waals surface area contributed by atoms with Crippen LogP contribution in [0.3, 0.4) is 0 Å². The maximum absolute atomic E-state index is 12.1. The van der Waals surface area contributed by atoms with Gasteiger partial charge in [-0.2, -0.15) is 0 Å². The third-order valence-corrected chi connectivity index (χ3v) is 10.3. The summed E-state index contributed by atoms with van der Waals surface area (Å²) in [5.74, 6) is 5.09. The molecule has 9 heteroatoms. The fourth-order valence-electron chi connectivity index (χ4n) is 7.85. The van der Waals surface area contributed by atoms with Gasteiger partial charge in [0, 0.05) is 11.1 Å². The Kier molecular flexibility index (Phi) is 11.3. The number of hydrogen-bond acceptors (Lipinski definition) is 9. The van der Waals surface area contributed by atoms with Crippen molar-refractivity contribution in [2.45, 2.75) is 65.2 Å². The molecule has 2 unspecified atom stereocenters. The van der Waals surface area contributed by atoms with Crippen LogP contribution in [-0.4, -0.2) is 54.9 Å². The number of rotatable bonds is 7. The van der Waals surface area contributed by atoms with Gasteiger partial charge in [0.2, 0.25) is 16.9 Å². The number of benzene rings is 3. The largest absolute Gasteiger partial charge is 0.504 e. The average Bonchev–Trinajstić information content (AvgIpc) is 3.43. The lowest BCUT2D eigenvalue weighted by Gasteiger charge is -2.23. The number of methoxy groups -OCH3 is 7. The molecule has 2 atom stereocenters. The highest BCUT2D eigenvalue weighted by molar-refractivity contribution is 5.85. The van der Waals surface area contributed by atoms with Crippen molar-refractivity contribution in [2.75, 3.05) is 49.8 Å². The van der Waals surface area contributed by atoms with E-state index in [1.54, 1.807) is 55.8 Å². The Morgan fingerprint density at radius 2 is 1.08 bits per heavy atom. The van der Waals surface area contributed by atoms with Crippen molar-refractivity contribution in [3.8, 4) is 68.2 Å². The molecule has 272 valence electrons. The summed E-state index contributed by atoms with van der Waals surface area (Å²) in [6.07, 6.45) is 3.73. The Balaban J connectivity index is 0.000000198. The predicted octanol–water partition coefficient (Wildman–Crippen LogP) is 8.55. The molecule has 0 radical (unpaired) electrons. The molecular weight excluding hydrogens is 648 g/mol. The first kappa shape index (κ1) is 37.2. The van der Waals surface area contributed by atoms with E-state index in [4.69, 9.17) is 33.2 Å². The van der Waals surface area contributed by atoms with Crippen LogP contribution in [0.5, 0.6) is 46.0 Å². The number of aryl methyl sites for hydroxylation is 3. The standard InChI is InChI=1S/C22H28O4.C20H22O5/c1-12-8-9-15-11-17(23-4)21(25-6)22(26-7)19(15)16-10-13(2)20(24-5)14(3)18(12)16;1-11-5-6-12-9-17(23-2)19(24-3)20(25-4)18(12)13-7-8-15(21)16(22)10-14(11)13/h10-12H,8-9H2,1-7H3;7-11H,5-6H2,1-4H3,(H,21,22). The molecule has 9 nitrogen and oxygen atoms in total. The van der Waals surface area contributed by atoms with Crippen LogP contribution < -0.4 is 38.6 Å². The van der Waals surface area contributed by atoms with Crippen molar-refractivity contribution in [2.24, 2.45) is 0 Å². The van der Waals surface area contributed by atoms with Crippen LogP contribution in [0.25, 0.3) is 22.3 Å². The summed E-state index contributed by atoms with van der Waals surface area (Å²) in [4.78, 5) is 12.1. The minimum atomic E-state index is -0.379. The second kappa shape index (κ2) is 15.5. The van der Waals surface area contributed by atoms with Crippen LogP contribution in [0.4, 0.5) is 0 Å². The maximum Gasteiger partial charge on any atom is 0.220 e. The zero-order valence-electron chi connectivity index (χ0n) is 31.7. The first-order valence-electron chi connectivity index (χ1n) is 17.2.